The smallest absolute Gasteiger partial charge is 0.198 e. The summed E-state index contributed by atoms with van der Waals surface area (Å²) in [7, 11) is 0. The number of hydrogen-bond acceptors (Lipinski definition) is 3. The molecule has 0 spiro atoms. The molecule has 3 rings (SSSR count). The van der Waals surface area contributed by atoms with Crippen molar-refractivity contribution in [1.29, 1.82) is 0 Å². The Balaban J connectivity index is 1.71. The highest BCUT2D eigenvalue weighted by Gasteiger charge is 2.31. The molecule has 0 aromatic heterocycles. The highest BCUT2D eigenvalue weighted by Crippen LogP contribution is 2.33. The standard InChI is InChI=1S/C23H22O3/c1-2-3-4-5-6-7-10-16-26-20-15-11-14-19-21(20)23(25)18-13-9-8-12-17(18)22(19)24/h8-9,11-15H,2-5,10,16H2,1H3. The summed E-state index contributed by atoms with van der Waals surface area (Å²) in [5, 5.41) is 0. The second kappa shape index (κ2) is 8.49. The van der Waals surface area contributed by atoms with Crippen LogP contribution in [0.15, 0.2) is 42.5 Å². The molecule has 2 aromatic rings. The number of carbonyl (C=O) groups is 2. The van der Waals surface area contributed by atoms with Crippen LogP contribution in [0.4, 0.5) is 0 Å². The van der Waals surface area contributed by atoms with Crippen LogP contribution in [0.5, 0.6) is 5.75 Å². The van der Waals surface area contributed by atoms with Gasteiger partial charge in [0, 0.05) is 29.5 Å². The van der Waals surface area contributed by atoms with Crippen molar-refractivity contribution in [2.45, 2.75) is 39.0 Å². The number of rotatable bonds is 6. The summed E-state index contributed by atoms with van der Waals surface area (Å²) >= 11 is 0. The molecule has 0 heterocycles. The maximum Gasteiger partial charge on any atom is 0.198 e. The molecule has 0 fully saturated rings. The van der Waals surface area contributed by atoms with Crippen molar-refractivity contribution in [1.82, 2.24) is 0 Å². The highest BCUT2D eigenvalue weighted by molar-refractivity contribution is 6.29. The molecule has 0 saturated heterocycles. The number of carbonyl (C=O) groups excluding carboxylic acids is 2. The van der Waals surface area contributed by atoms with Crippen molar-refractivity contribution < 1.29 is 14.3 Å². The van der Waals surface area contributed by atoms with E-state index in [1.807, 2.05) is 0 Å². The molecule has 26 heavy (non-hydrogen) atoms. The van der Waals surface area contributed by atoms with Crippen LogP contribution in [0.2, 0.25) is 0 Å². The van der Waals surface area contributed by atoms with E-state index in [1.54, 1.807) is 42.5 Å². The molecule has 0 bridgehead atoms. The molecule has 132 valence electrons. The zero-order chi connectivity index (χ0) is 18.4. The number of hydrogen-bond donors (Lipinski definition) is 0. The molecule has 0 atom stereocenters. The van der Waals surface area contributed by atoms with E-state index in [2.05, 4.69) is 18.8 Å². The molecular weight excluding hydrogens is 324 g/mol. The maximum atomic E-state index is 12.8. The molecular formula is C23H22O3. The van der Waals surface area contributed by atoms with Gasteiger partial charge < -0.3 is 4.74 Å². The predicted octanol–water partition coefficient (Wildman–Crippen LogP) is 4.81. The van der Waals surface area contributed by atoms with Crippen LogP contribution in [0, 0.1) is 11.8 Å². The first-order valence-corrected chi connectivity index (χ1v) is 9.14. The number of fused-ring (bicyclic) bond motifs is 2. The topological polar surface area (TPSA) is 43.4 Å². The van der Waals surface area contributed by atoms with Crippen LogP contribution in [0.25, 0.3) is 0 Å². The molecule has 2 aromatic carbocycles. The van der Waals surface area contributed by atoms with Crippen LogP contribution >= 0.6 is 0 Å². The Morgan fingerprint density at radius 3 is 2.27 bits per heavy atom. The number of ketones is 2. The lowest BCUT2D eigenvalue weighted by atomic mass is 9.83. The lowest BCUT2D eigenvalue weighted by Gasteiger charge is -2.19. The van der Waals surface area contributed by atoms with Gasteiger partial charge in [0.15, 0.2) is 11.6 Å². The molecule has 0 amide bonds. The molecule has 1 aliphatic carbocycles. The van der Waals surface area contributed by atoms with Gasteiger partial charge in [0.2, 0.25) is 0 Å². The molecule has 3 nitrogen and oxygen atoms in total. The summed E-state index contributed by atoms with van der Waals surface area (Å²) < 4.78 is 5.79. The summed E-state index contributed by atoms with van der Waals surface area (Å²) in [5.41, 5.74) is 1.68. The third-order valence-corrected chi connectivity index (χ3v) is 4.43. The lowest BCUT2D eigenvalue weighted by molar-refractivity contribution is 0.0975. The van der Waals surface area contributed by atoms with Crippen molar-refractivity contribution in [3.63, 3.8) is 0 Å². The highest BCUT2D eigenvalue weighted by atomic mass is 16.5. The van der Waals surface area contributed by atoms with Crippen molar-refractivity contribution in [2.24, 2.45) is 0 Å². The van der Waals surface area contributed by atoms with E-state index in [-0.39, 0.29) is 11.6 Å². The monoisotopic (exact) mass is 346 g/mol. The minimum atomic E-state index is -0.156. The quantitative estimate of drug-likeness (QED) is 0.475. The van der Waals surface area contributed by atoms with Crippen molar-refractivity contribution in [3.8, 4) is 17.6 Å². The van der Waals surface area contributed by atoms with E-state index in [0.717, 1.165) is 12.8 Å². The summed E-state index contributed by atoms with van der Waals surface area (Å²) in [6.45, 7) is 2.58. The zero-order valence-corrected chi connectivity index (χ0v) is 15.0. The fourth-order valence-electron chi connectivity index (χ4n) is 3.09. The van der Waals surface area contributed by atoms with E-state index >= 15 is 0 Å². The van der Waals surface area contributed by atoms with Gasteiger partial charge in [0.25, 0.3) is 0 Å². The van der Waals surface area contributed by atoms with E-state index < -0.39 is 0 Å². The molecule has 0 saturated carbocycles. The van der Waals surface area contributed by atoms with Crippen LogP contribution in [-0.4, -0.2) is 18.2 Å². The summed E-state index contributed by atoms with van der Waals surface area (Å²) in [6.07, 6.45) is 5.05. The molecule has 0 N–H and O–H groups in total. The Bertz CT molecular complexity index is 884. The Labute approximate surface area is 154 Å². The van der Waals surface area contributed by atoms with Gasteiger partial charge in [-0.05, 0) is 12.5 Å². The lowest BCUT2D eigenvalue weighted by Crippen LogP contribution is -2.21. The normalized spacial score (nSPS) is 12.0. The first-order valence-electron chi connectivity index (χ1n) is 9.14. The third kappa shape index (κ3) is 3.70. The second-order valence-corrected chi connectivity index (χ2v) is 6.29. The van der Waals surface area contributed by atoms with Gasteiger partial charge in [-0.15, -0.1) is 5.92 Å². The van der Waals surface area contributed by atoms with Crippen LogP contribution in [0.3, 0.4) is 0 Å². The molecule has 0 unspecified atom stereocenters. The fourth-order valence-corrected chi connectivity index (χ4v) is 3.09. The molecule has 1 aliphatic rings. The summed E-state index contributed by atoms with van der Waals surface area (Å²) in [4.78, 5) is 25.5. The summed E-state index contributed by atoms with van der Waals surface area (Å²) in [5.74, 6) is 6.43. The first kappa shape index (κ1) is 17.9. The Kier molecular flexibility index (Phi) is 5.86. The Morgan fingerprint density at radius 2 is 1.50 bits per heavy atom. The predicted molar refractivity (Wildman–Crippen MR) is 102 cm³/mol. The third-order valence-electron chi connectivity index (χ3n) is 4.43. The van der Waals surface area contributed by atoms with E-state index in [1.165, 1.54) is 12.8 Å². The van der Waals surface area contributed by atoms with Crippen molar-refractivity contribution >= 4 is 11.6 Å². The molecule has 3 heteroatoms. The fraction of sp³-hybridized carbons (Fsp3) is 0.304. The largest absolute Gasteiger partial charge is 0.492 e. The van der Waals surface area contributed by atoms with Gasteiger partial charge in [-0.1, -0.05) is 62.1 Å². The molecule has 0 radical (unpaired) electrons. The van der Waals surface area contributed by atoms with Crippen molar-refractivity contribution in [3.05, 3.63) is 64.7 Å². The minimum absolute atomic E-state index is 0.128. The average molecular weight is 346 g/mol. The zero-order valence-electron chi connectivity index (χ0n) is 15.0. The SMILES string of the molecule is CCCCCC#CCCOc1cccc2c1C(=O)c1ccccc1C2=O. The Morgan fingerprint density at radius 1 is 0.808 bits per heavy atom. The van der Waals surface area contributed by atoms with Gasteiger partial charge in [-0.25, -0.2) is 0 Å². The number of ether oxygens (including phenoxy) is 1. The van der Waals surface area contributed by atoms with E-state index in [4.69, 9.17) is 4.74 Å². The second-order valence-electron chi connectivity index (χ2n) is 6.29. The van der Waals surface area contributed by atoms with Crippen LogP contribution < -0.4 is 4.74 Å². The minimum Gasteiger partial charge on any atom is -0.492 e. The van der Waals surface area contributed by atoms with Gasteiger partial charge >= 0.3 is 0 Å². The summed E-state index contributed by atoms with van der Waals surface area (Å²) in [6, 6.07) is 12.1. The number of benzene rings is 2. The van der Waals surface area contributed by atoms with Gasteiger partial charge in [-0.3, -0.25) is 9.59 Å². The molecule has 0 aliphatic heterocycles. The van der Waals surface area contributed by atoms with Crippen molar-refractivity contribution in [2.75, 3.05) is 6.61 Å². The van der Waals surface area contributed by atoms with E-state index in [9.17, 15) is 9.59 Å². The Hall–Kier alpha value is -2.86. The van der Waals surface area contributed by atoms with Crippen LogP contribution in [0.1, 0.15) is 70.9 Å². The van der Waals surface area contributed by atoms with Gasteiger partial charge in [0.1, 0.15) is 5.75 Å². The average Bonchev–Trinajstić information content (AvgIpc) is 2.68. The van der Waals surface area contributed by atoms with Crippen LogP contribution in [-0.2, 0) is 0 Å². The van der Waals surface area contributed by atoms with E-state index in [0.29, 0.717) is 41.0 Å². The van der Waals surface area contributed by atoms with Gasteiger partial charge in [-0.2, -0.15) is 0 Å². The maximum absolute atomic E-state index is 12.8. The first-order chi connectivity index (χ1) is 12.7. The number of unbranched alkanes of at least 4 members (excludes halogenated alkanes) is 3. The van der Waals surface area contributed by atoms with Gasteiger partial charge in [0.05, 0.1) is 12.2 Å².